The Kier molecular flexibility index (Phi) is 11.8. The van der Waals surface area contributed by atoms with Crippen LogP contribution in [0.15, 0.2) is 182 Å². The smallest absolute Gasteiger partial charge is 0.121 e. The molecule has 51 heavy (non-hydrogen) atoms. The molecule has 0 unspecified atom stereocenters. The van der Waals surface area contributed by atoms with Gasteiger partial charge in [0, 0.05) is 0 Å². The third-order valence-corrected chi connectivity index (χ3v) is 14.2. The van der Waals surface area contributed by atoms with Gasteiger partial charge >= 0.3 is 0 Å². The Morgan fingerprint density at radius 3 is 1.10 bits per heavy atom. The molecule has 6 aromatic rings. The maximum Gasteiger partial charge on any atom is 0.121 e. The van der Waals surface area contributed by atoms with Crippen molar-refractivity contribution in [1.29, 1.82) is 0 Å². The van der Waals surface area contributed by atoms with Gasteiger partial charge in [-0.25, -0.2) is 0 Å². The fourth-order valence-electron chi connectivity index (χ4n) is 7.25. The summed E-state index contributed by atoms with van der Waals surface area (Å²) >= 11 is 0. The molecule has 0 radical (unpaired) electrons. The highest BCUT2D eigenvalue weighted by Crippen LogP contribution is 2.57. The van der Waals surface area contributed by atoms with Crippen molar-refractivity contribution in [2.24, 2.45) is 0 Å². The molecule has 0 spiro atoms. The molecule has 6 aromatic carbocycles. The second-order valence-corrected chi connectivity index (χ2v) is 16.7. The maximum absolute atomic E-state index is 7.19. The van der Waals surface area contributed by atoms with Gasteiger partial charge in [0.2, 0.25) is 0 Å². The zero-order chi connectivity index (χ0) is 34.7. The highest BCUT2D eigenvalue weighted by atomic mass is 31.2. The Morgan fingerprint density at radius 1 is 0.412 bits per heavy atom. The van der Waals surface area contributed by atoms with E-state index in [2.05, 4.69) is 159 Å². The number of rotatable bonds is 14. The fraction of sp³-hybridized carbons (Fsp3) is 0.217. The molecule has 1 aliphatic heterocycles. The van der Waals surface area contributed by atoms with Gasteiger partial charge in [0.05, 0.1) is 25.9 Å². The third-order valence-electron chi connectivity index (χ3n) is 9.77. The molecule has 0 aliphatic carbocycles. The Morgan fingerprint density at radius 2 is 0.725 bits per heavy atom. The lowest BCUT2D eigenvalue weighted by Crippen LogP contribution is -2.61. The predicted octanol–water partition coefficient (Wildman–Crippen LogP) is 8.52. The van der Waals surface area contributed by atoms with Gasteiger partial charge < -0.3 is 18.9 Å². The van der Waals surface area contributed by atoms with Crippen LogP contribution in [0.4, 0.5) is 0 Å². The van der Waals surface area contributed by atoms with E-state index in [1.54, 1.807) is 0 Å². The monoisotopic (exact) mass is 693 g/mol. The second-order valence-electron chi connectivity index (χ2n) is 13.2. The average molecular weight is 694 g/mol. The van der Waals surface area contributed by atoms with Crippen molar-refractivity contribution in [3.8, 4) is 0 Å². The lowest BCUT2D eigenvalue weighted by Gasteiger charge is -2.46. The van der Waals surface area contributed by atoms with Crippen molar-refractivity contribution in [3.63, 3.8) is 0 Å². The van der Waals surface area contributed by atoms with Gasteiger partial charge in [-0.15, -0.1) is 0 Å². The van der Waals surface area contributed by atoms with Gasteiger partial charge in [0.25, 0.3) is 0 Å². The first-order valence-electron chi connectivity index (χ1n) is 17.9. The second kappa shape index (κ2) is 17.2. The lowest BCUT2D eigenvalue weighted by molar-refractivity contribution is -0.256. The number of ether oxygens (including phenoxy) is 4. The molecule has 1 aliphatic rings. The van der Waals surface area contributed by atoms with E-state index in [9.17, 15) is 0 Å². The lowest BCUT2D eigenvalue weighted by atomic mass is 9.95. The Bertz CT molecular complexity index is 1780. The van der Waals surface area contributed by atoms with E-state index < -0.39 is 19.5 Å². The molecule has 5 atom stereocenters. The van der Waals surface area contributed by atoms with Crippen molar-refractivity contribution in [2.45, 2.75) is 57.3 Å². The van der Waals surface area contributed by atoms with Crippen molar-refractivity contribution >= 4 is 23.2 Å². The molecular formula is C46H46O4P+. The molecule has 0 amide bonds. The Balaban J connectivity index is 1.32. The van der Waals surface area contributed by atoms with Crippen molar-refractivity contribution in [1.82, 2.24) is 0 Å². The van der Waals surface area contributed by atoms with Crippen LogP contribution in [0.1, 0.15) is 23.6 Å². The summed E-state index contributed by atoms with van der Waals surface area (Å²) in [4.78, 5) is 0. The molecule has 1 fully saturated rings. The Hall–Kier alpha value is -4.41. The van der Waals surface area contributed by atoms with E-state index in [0.717, 1.165) is 22.9 Å². The molecule has 5 heteroatoms. The normalized spacial score (nSPS) is 20.5. The van der Waals surface area contributed by atoms with Crippen LogP contribution < -0.4 is 15.9 Å². The average Bonchev–Trinajstić information content (AvgIpc) is 3.20. The third kappa shape index (κ3) is 8.39. The number of hydrogen-bond acceptors (Lipinski definition) is 4. The zero-order valence-electron chi connectivity index (χ0n) is 29.1. The van der Waals surface area contributed by atoms with Gasteiger partial charge in [-0.3, -0.25) is 0 Å². The van der Waals surface area contributed by atoms with Gasteiger partial charge in [0.15, 0.2) is 0 Å². The van der Waals surface area contributed by atoms with Gasteiger partial charge in [0.1, 0.15) is 53.8 Å². The zero-order valence-corrected chi connectivity index (χ0v) is 30.0. The molecule has 0 aromatic heterocycles. The fourth-order valence-corrected chi connectivity index (χ4v) is 11.7. The highest BCUT2D eigenvalue weighted by molar-refractivity contribution is 7.95. The first-order valence-corrected chi connectivity index (χ1v) is 19.8. The standard InChI is InChI=1S/C46H46O4P/c1-36-44(47-32-37-20-8-2-9-21-37)46(49-34-39-24-12-4-13-25-39)45(48-33-38-22-10-3-11-23-38)43(50-36)35-51(40-26-14-5-15-27-40,41-28-16-6-17-29-41)42-30-18-7-19-31-42/h2-31,36,43-46H,32-35H2,1H3/q+1/t36-,43-,44+,45+,46+/m0/s1. The molecule has 1 heterocycles. The summed E-state index contributed by atoms with van der Waals surface area (Å²) in [6, 6.07) is 64.0. The van der Waals surface area contributed by atoms with Crippen molar-refractivity contribution in [2.75, 3.05) is 6.16 Å². The van der Waals surface area contributed by atoms with Crippen LogP contribution in [-0.4, -0.2) is 36.7 Å². The van der Waals surface area contributed by atoms with Crippen molar-refractivity contribution < 1.29 is 18.9 Å². The molecular weight excluding hydrogens is 647 g/mol. The van der Waals surface area contributed by atoms with E-state index in [-0.39, 0.29) is 18.3 Å². The molecule has 1 saturated heterocycles. The number of benzene rings is 6. The van der Waals surface area contributed by atoms with E-state index in [1.165, 1.54) is 15.9 Å². The van der Waals surface area contributed by atoms with E-state index in [0.29, 0.717) is 19.8 Å². The quantitative estimate of drug-likeness (QED) is 0.107. The summed E-state index contributed by atoms with van der Waals surface area (Å²) in [5.74, 6) is 0. The minimum absolute atomic E-state index is 0.250. The Labute approximate surface area is 303 Å². The van der Waals surface area contributed by atoms with Crippen molar-refractivity contribution in [3.05, 3.63) is 199 Å². The van der Waals surface area contributed by atoms with Crippen LogP contribution in [0.25, 0.3) is 0 Å². The van der Waals surface area contributed by atoms with Gasteiger partial charge in [-0.2, -0.15) is 0 Å². The molecule has 0 bridgehead atoms. The van der Waals surface area contributed by atoms with E-state index in [4.69, 9.17) is 18.9 Å². The minimum Gasteiger partial charge on any atom is -0.368 e. The van der Waals surface area contributed by atoms with Crippen LogP contribution in [0.5, 0.6) is 0 Å². The summed E-state index contributed by atoms with van der Waals surface area (Å²) in [5.41, 5.74) is 3.32. The van der Waals surface area contributed by atoms with Gasteiger partial charge in [-0.05, 0) is 60.0 Å². The van der Waals surface area contributed by atoms with E-state index >= 15 is 0 Å². The molecule has 258 valence electrons. The van der Waals surface area contributed by atoms with E-state index in [1.807, 2.05) is 30.3 Å². The van der Waals surface area contributed by atoms with Crippen LogP contribution in [0.3, 0.4) is 0 Å². The summed E-state index contributed by atoms with van der Waals surface area (Å²) in [6.07, 6.45) is -0.970. The topological polar surface area (TPSA) is 36.9 Å². The first-order chi connectivity index (χ1) is 25.2. The van der Waals surface area contributed by atoms with Crippen LogP contribution in [-0.2, 0) is 38.8 Å². The maximum atomic E-state index is 7.19. The largest absolute Gasteiger partial charge is 0.368 e. The summed E-state index contributed by atoms with van der Waals surface area (Å²) in [6.45, 7) is 3.46. The summed E-state index contributed by atoms with van der Waals surface area (Å²) < 4.78 is 28.0. The molecule has 0 N–H and O–H groups in total. The molecule has 7 rings (SSSR count). The highest BCUT2D eigenvalue weighted by Gasteiger charge is 2.54. The SMILES string of the molecule is C[C@@H]1O[C@@H](C[P+](c2ccccc2)(c2ccccc2)c2ccccc2)[C@@H](OCc2ccccc2)[C@H](OCc2ccccc2)[C@@H]1OCc1ccccc1. The molecule has 0 saturated carbocycles. The number of hydrogen-bond donors (Lipinski definition) is 0. The van der Waals surface area contributed by atoms with Crippen LogP contribution in [0, 0.1) is 0 Å². The molecule has 4 nitrogen and oxygen atoms in total. The summed E-state index contributed by atoms with van der Waals surface area (Å²) in [5, 5.41) is 3.93. The minimum atomic E-state index is -2.27. The van der Waals surface area contributed by atoms with Crippen LogP contribution in [0.2, 0.25) is 0 Å². The first kappa shape index (κ1) is 35.0. The van der Waals surface area contributed by atoms with Crippen LogP contribution >= 0.6 is 7.26 Å². The predicted molar refractivity (Wildman–Crippen MR) is 209 cm³/mol. The van der Waals surface area contributed by atoms with Gasteiger partial charge in [-0.1, -0.05) is 146 Å². The summed E-state index contributed by atoms with van der Waals surface area (Å²) in [7, 11) is -2.27.